The number of carboxylic acid groups (broad SMARTS) is 1. The summed E-state index contributed by atoms with van der Waals surface area (Å²) in [7, 11) is 0. The molecule has 170 valence electrons. The van der Waals surface area contributed by atoms with Gasteiger partial charge in [0.15, 0.2) is 0 Å². The van der Waals surface area contributed by atoms with Gasteiger partial charge < -0.3 is 15.3 Å². The molecule has 0 bridgehead atoms. The summed E-state index contributed by atoms with van der Waals surface area (Å²) >= 11 is 0. The van der Waals surface area contributed by atoms with Crippen molar-refractivity contribution in [3.05, 3.63) is 65.0 Å². The zero-order valence-corrected chi connectivity index (χ0v) is 17.2. The summed E-state index contributed by atoms with van der Waals surface area (Å²) in [5.74, 6) is -2.70. The van der Waals surface area contributed by atoms with E-state index in [4.69, 9.17) is 5.11 Å². The lowest BCUT2D eigenvalue weighted by Crippen LogP contribution is -2.47. The Bertz CT molecular complexity index is 1010. The Morgan fingerprint density at radius 2 is 1.91 bits per heavy atom. The predicted molar refractivity (Wildman–Crippen MR) is 107 cm³/mol. The van der Waals surface area contributed by atoms with Crippen LogP contribution in [0, 0.1) is 5.92 Å². The van der Waals surface area contributed by atoms with E-state index < -0.39 is 35.2 Å². The van der Waals surface area contributed by atoms with E-state index >= 15 is 0 Å². The number of nitrogens with one attached hydrogen (secondary N) is 1. The van der Waals surface area contributed by atoms with E-state index in [1.165, 1.54) is 0 Å². The standard InChI is InChI=1S/C22H22F3N3O4/c1-2-28-18(29)6-4-15(19(28)14-7-9-26-10-8-14)20(30)27-12-13-3-5-17(22(23,24)25)16(11-13)21(31)32/h3,5,7-11,15,19H,2,4,6,12H2,1H3,(H,27,30)(H,31,32)/t15-,19+/m0/s1. The number of hydrogen-bond donors (Lipinski definition) is 2. The van der Waals surface area contributed by atoms with Crippen LogP contribution in [0.25, 0.3) is 0 Å². The SMILES string of the molecule is CCN1C(=O)CC[C@H](C(=O)NCc2ccc(C(F)(F)F)c(C(=O)O)c2)[C@H]1c1ccncc1. The fraction of sp³-hybridized carbons (Fsp3) is 0.364. The van der Waals surface area contributed by atoms with Gasteiger partial charge in [-0.05, 0) is 48.7 Å². The first-order valence-electron chi connectivity index (χ1n) is 10.0. The predicted octanol–water partition coefficient (Wildman–Crippen LogP) is 3.41. The summed E-state index contributed by atoms with van der Waals surface area (Å²) in [6, 6.07) is 5.73. The molecule has 1 aromatic carbocycles. The van der Waals surface area contributed by atoms with Crippen LogP contribution in [0.3, 0.4) is 0 Å². The van der Waals surface area contributed by atoms with Crippen LogP contribution in [0.5, 0.6) is 0 Å². The smallest absolute Gasteiger partial charge is 0.417 e. The summed E-state index contributed by atoms with van der Waals surface area (Å²) in [5.41, 5.74) is -1.14. The molecule has 1 aliphatic rings. The fourth-order valence-electron chi connectivity index (χ4n) is 4.02. The molecule has 0 aliphatic carbocycles. The van der Waals surface area contributed by atoms with Gasteiger partial charge in [0.25, 0.3) is 0 Å². The number of halogens is 3. The van der Waals surface area contributed by atoms with E-state index in [1.54, 1.807) is 29.4 Å². The molecule has 2 aromatic rings. The number of pyridine rings is 1. The van der Waals surface area contributed by atoms with Crippen LogP contribution in [0.15, 0.2) is 42.7 Å². The van der Waals surface area contributed by atoms with Crippen molar-refractivity contribution in [2.45, 2.75) is 38.5 Å². The van der Waals surface area contributed by atoms with E-state index in [2.05, 4.69) is 10.3 Å². The molecule has 0 saturated carbocycles. The van der Waals surface area contributed by atoms with Gasteiger partial charge in [-0.2, -0.15) is 13.2 Å². The van der Waals surface area contributed by atoms with Crippen molar-refractivity contribution in [2.24, 2.45) is 5.92 Å². The molecule has 1 saturated heterocycles. The fourth-order valence-corrected chi connectivity index (χ4v) is 4.02. The number of hydrogen-bond acceptors (Lipinski definition) is 4. The van der Waals surface area contributed by atoms with Crippen molar-refractivity contribution in [2.75, 3.05) is 6.54 Å². The van der Waals surface area contributed by atoms with Gasteiger partial charge in [-0.1, -0.05) is 6.07 Å². The molecule has 0 radical (unpaired) electrons. The van der Waals surface area contributed by atoms with E-state index in [9.17, 15) is 27.6 Å². The zero-order valence-electron chi connectivity index (χ0n) is 17.2. The van der Waals surface area contributed by atoms with Gasteiger partial charge in [0.1, 0.15) is 0 Å². The Kier molecular flexibility index (Phi) is 6.81. The quantitative estimate of drug-likeness (QED) is 0.704. The number of aromatic nitrogens is 1. The van der Waals surface area contributed by atoms with Crippen LogP contribution in [-0.2, 0) is 22.3 Å². The summed E-state index contributed by atoms with van der Waals surface area (Å²) < 4.78 is 39.1. The number of aromatic carboxylic acids is 1. The summed E-state index contributed by atoms with van der Waals surface area (Å²) in [4.78, 5) is 42.3. The van der Waals surface area contributed by atoms with E-state index in [-0.39, 0.29) is 30.3 Å². The minimum atomic E-state index is -4.80. The lowest BCUT2D eigenvalue weighted by Gasteiger charge is -2.40. The number of benzene rings is 1. The molecular formula is C22H22F3N3O4. The number of piperidine rings is 1. The van der Waals surface area contributed by atoms with E-state index in [0.717, 1.165) is 17.7 Å². The molecule has 10 heteroatoms. The Balaban J connectivity index is 1.81. The maximum atomic E-state index is 13.0. The highest BCUT2D eigenvalue weighted by Crippen LogP contribution is 2.37. The number of rotatable bonds is 6. The molecule has 1 aromatic heterocycles. The Morgan fingerprint density at radius 1 is 1.22 bits per heavy atom. The number of likely N-dealkylation sites (tertiary alicyclic amines) is 1. The number of carbonyl (C=O) groups is 3. The largest absolute Gasteiger partial charge is 0.478 e. The Morgan fingerprint density at radius 3 is 2.50 bits per heavy atom. The number of alkyl halides is 3. The maximum Gasteiger partial charge on any atom is 0.417 e. The molecule has 7 nitrogen and oxygen atoms in total. The van der Waals surface area contributed by atoms with Crippen molar-refractivity contribution in [3.63, 3.8) is 0 Å². The van der Waals surface area contributed by atoms with Crippen LogP contribution in [0.4, 0.5) is 13.2 Å². The molecule has 0 spiro atoms. The average molecular weight is 449 g/mol. The van der Waals surface area contributed by atoms with Gasteiger partial charge in [0, 0.05) is 31.9 Å². The van der Waals surface area contributed by atoms with Gasteiger partial charge >= 0.3 is 12.1 Å². The average Bonchev–Trinajstić information content (AvgIpc) is 2.76. The van der Waals surface area contributed by atoms with E-state index in [1.807, 2.05) is 6.92 Å². The summed E-state index contributed by atoms with van der Waals surface area (Å²) in [5, 5.41) is 11.8. The topological polar surface area (TPSA) is 99.6 Å². The molecule has 2 atom stereocenters. The summed E-state index contributed by atoms with van der Waals surface area (Å²) in [6.07, 6.45) is -1.12. The molecule has 1 fully saturated rings. The van der Waals surface area contributed by atoms with Gasteiger partial charge in [-0.3, -0.25) is 14.6 Å². The first-order valence-corrected chi connectivity index (χ1v) is 10.0. The number of carboxylic acids is 1. The van der Waals surface area contributed by atoms with Gasteiger partial charge in [-0.25, -0.2) is 4.79 Å². The first kappa shape index (κ1) is 23.2. The molecule has 2 N–H and O–H groups in total. The highest BCUT2D eigenvalue weighted by molar-refractivity contribution is 5.90. The molecule has 0 unspecified atom stereocenters. The highest BCUT2D eigenvalue weighted by Gasteiger charge is 2.40. The lowest BCUT2D eigenvalue weighted by molar-refractivity contribution is -0.143. The first-order chi connectivity index (χ1) is 15.1. The summed E-state index contributed by atoms with van der Waals surface area (Å²) in [6.45, 7) is 2.09. The minimum absolute atomic E-state index is 0.0628. The van der Waals surface area contributed by atoms with Crippen molar-refractivity contribution in [3.8, 4) is 0 Å². The van der Waals surface area contributed by atoms with Gasteiger partial charge in [-0.15, -0.1) is 0 Å². The van der Waals surface area contributed by atoms with Crippen molar-refractivity contribution in [1.29, 1.82) is 0 Å². The van der Waals surface area contributed by atoms with Crippen LogP contribution in [-0.4, -0.2) is 39.3 Å². The molecule has 2 heterocycles. The van der Waals surface area contributed by atoms with Crippen LogP contribution in [0.2, 0.25) is 0 Å². The van der Waals surface area contributed by atoms with Crippen molar-refractivity contribution in [1.82, 2.24) is 15.2 Å². The monoisotopic (exact) mass is 449 g/mol. The second-order valence-corrected chi connectivity index (χ2v) is 7.45. The third-order valence-corrected chi connectivity index (χ3v) is 5.52. The number of amides is 2. The van der Waals surface area contributed by atoms with Crippen molar-refractivity contribution < 1.29 is 32.7 Å². The second kappa shape index (κ2) is 9.37. The molecule has 2 amide bonds. The Hall–Kier alpha value is -3.43. The zero-order chi connectivity index (χ0) is 23.5. The molecular weight excluding hydrogens is 427 g/mol. The van der Waals surface area contributed by atoms with Crippen molar-refractivity contribution >= 4 is 17.8 Å². The highest BCUT2D eigenvalue weighted by atomic mass is 19.4. The number of carbonyl (C=O) groups excluding carboxylic acids is 2. The van der Waals surface area contributed by atoms with Gasteiger partial charge in [0.2, 0.25) is 11.8 Å². The maximum absolute atomic E-state index is 13.0. The minimum Gasteiger partial charge on any atom is -0.478 e. The van der Waals surface area contributed by atoms with Crippen LogP contribution in [0.1, 0.15) is 52.9 Å². The van der Waals surface area contributed by atoms with Crippen LogP contribution < -0.4 is 5.32 Å². The lowest BCUT2D eigenvalue weighted by atomic mass is 9.84. The third-order valence-electron chi connectivity index (χ3n) is 5.52. The molecule has 32 heavy (non-hydrogen) atoms. The normalized spacial score (nSPS) is 19.0. The second-order valence-electron chi connectivity index (χ2n) is 7.45. The third kappa shape index (κ3) is 4.90. The van der Waals surface area contributed by atoms with E-state index in [0.29, 0.717) is 19.0 Å². The molecule has 3 rings (SSSR count). The Labute approximate surface area is 182 Å². The van der Waals surface area contributed by atoms with Crippen LogP contribution >= 0.6 is 0 Å². The molecule has 1 aliphatic heterocycles. The number of nitrogens with zero attached hydrogens (tertiary/aromatic N) is 2. The van der Waals surface area contributed by atoms with Gasteiger partial charge in [0.05, 0.1) is 23.1 Å².